The molecule has 0 aliphatic carbocycles. The Morgan fingerprint density at radius 1 is 1.08 bits per heavy atom. The summed E-state index contributed by atoms with van der Waals surface area (Å²) in [6.45, 7) is 0.485. The summed E-state index contributed by atoms with van der Waals surface area (Å²) in [5.74, 6) is -0.255. The highest BCUT2D eigenvalue weighted by molar-refractivity contribution is 5.85. The van der Waals surface area contributed by atoms with Crippen LogP contribution in [0.5, 0.6) is 5.75 Å². The van der Waals surface area contributed by atoms with Gasteiger partial charge in [0, 0.05) is 6.42 Å². The van der Waals surface area contributed by atoms with Gasteiger partial charge in [-0.25, -0.2) is 9.18 Å². The van der Waals surface area contributed by atoms with Gasteiger partial charge in [0.25, 0.3) is 0 Å². The summed E-state index contributed by atoms with van der Waals surface area (Å²) in [5.41, 5.74) is 1.91. The van der Waals surface area contributed by atoms with Crippen molar-refractivity contribution < 1.29 is 23.4 Å². The minimum Gasteiger partial charge on any atom is -0.493 e. The number of rotatable bonds is 7. The zero-order chi connectivity index (χ0) is 18.4. The van der Waals surface area contributed by atoms with Gasteiger partial charge in [-0.3, -0.25) is 0 Å². The first-order valence-electron chi connectivity index (χ1n) is 8.09. The van der Waals surface area contributed by atoms with Crippen LogP contribution in [0.4, 0.5) is 4.39 Å². The van der Waals surface area contributed by atoms with E-state index in [0.717, 1.165) is 16.9 Å². The molecule has 3 aromatic rings. The van der Waals surface area contributed by atoms with Crippen molar-refractivity contribution in [3.05, 3.63) is 89.1 Å². The van der Waals surface area contributed by atoms with Crippen molar-refractivity contribution in [3.63, 3.8) is 0 Å². The highest BCUT2D eigenvalue weighted by atomic mass is 19.1. The Kier molecular flexibility index (Phi) is 5.49. The number of benzene rings is 2. The maximum absolute atomic E-state index is 12.9. The van der Waals surface area contributed by atoms with Crippen LogP contribution in [-0.2, 0) is 6.42 Å². The van der Waals surface area contributed by atoms with E-state index in [4.69, 9.17) is 14.3 Å². The molecule has 0 spiro atoms. The van der Waals surface area contributed by atoms with E-state index in [0.29, 0.717) is 18.8 Å². The minimum atomic E-state index is -1.10. The first-order valence-corrected chi connectivity index (χ1v) is 8.09. The van der Waals surface area contributed by atoms with Gasteiger partial charge in [0.1, 0.15) is 17.3 Å². The van der Waals surface area contributed by atoms with Gasteiger partial charge in [-0.1, -0.05) is 30.3 Å². The lowest BCUT2D eigenvalue weighted by atomic mass is 10.1. The van der Waals surface area contributed by atoms with Crippen LogP contribution in [0.1, 0.15) is 27.4 Å². The molecule has 0 unspecified atom stereocenters. The van der Waals surface area contributed by atoms with Crippen LogP contribution < -0.4 is 4.74 Å². The van der Waals surface area contributed by atoms with Crippen LogP contribution >= 0.6 is 0 Å². The zero-order valence-corrected chi connectivity index (χ0v) is 13.9. The average Bonchev–Trinajstić information content (AvgIpc) is 3.12. The molecule has 5 heteroatoms. The predicted octanol–water partition coefficient (Wildman–Crippen LogP) is 4.91. The van der Waals surface area contributed by atoms with Crippen molar-refractivity contribution in [2.75, 3.05) is 6.61 Å². The fourth-order valence-corrected chi connectivity index (χ4v) is 2.38. The Morgan fingerprint density at radius 3 is 2.62 bits per heavy atom. The molecule has 0 atom stereocenters. The van der Waals surface area contributed by atoms with Crippen molar-refractivity contribution >= 4 is 18.1 Å². The number of carboxylic acid groups (broad SMARTS) is 1. The zero-order valence-electron chi connectivity index (χ0n) is 13.9. The topological polar surface area (TPSA) is 59.7 Å². The molecule has 0 aliphatic heterocycles. The van der Waals surface area contributed by atoms with Gasteiger partial charge in [-0.05, 0) is 53.6 Å². The molecule has 0 amide bonds. The average molecular weight is 352 g/mol. The third kappa shape index (κ3) is 4.83. The van der Waals surface area contributed by atoms with E-state index in [-0.39, 0.29) is 11.6 Å². The summed E-state index contributed by atoms with van der Waals surface area (Å²) in [7, 11) is 0. The van der Waals surface area contributed by atoms with E-state index in [9.17, 15) is 9.18 Å². The molecular weight excluding hydrogens is 335 g/mol. The second-order valence-corrected chi connectivity index (χ2v) is 5.64. The van der Waals surface area contributed by atoms with Gasteiger partial charge >= 0.3 is 5.97 Å². The van der Waals surface area contributed by atoms with E-state index in [1.165, 1.54) is 18.2 Å². The van der Waals surface area contributed by atoms with Crippen LogP contribution in [-0.4, -0.2) is 17.7 Å². The van der Waals surface area contributed by atoms with Crippen LogP contribution in [0.2, 0.25) is 0 Å². The molecule has 132 valence electrons. The second-order valence-electron chi connectivity index (χ2n) is 5.64. The molecular formula is C21H17FO4. The lowest BCUT2D eigenvalue weighted by Crippen LogP contribution is -2.01. The number of carbonyl (C=O) groups is 1. The number of aromatic carboxylic acids is 1. The number of hydrogen-bond acceptors (Lipinski definition) is 3. The molecule has 0 aliphatic rings. The molecule has 0 saturated heterocycles. The predicted molar refractivity (Wildman–Crippen MR) is 96.6 cm³/mol. The fraction of sp³-hybridized carbons (Fsp3) is 0.0952. The Labute approximate surface area is 150 Å². The van der Waals surface area contributed by atoms with E-state index < -0.39 is 5.97 Å². The van der Waals surface area contributed by atoms with Gasteiger partial charge < -0.3 is 14.3 Å². The molecule has 1 heterocycles. The molecule has 0 fully saturated rings. The first-order chi connectivity index (χ1) is 12.6. The van der Waals surface area contributed by atoms with E-state index in [2.05, 4.69) is 0 Å². The summed E-state index contributed by atoms with van der Waals surface area (Å²) < 4.78 is 23.8. The summed E-state index contributed by atoms with van der Waals surface area (Å²) in [6, 6.07) is 16.9. The van der Waals surface area contributed by atoms with E-state index >= 15 is 0 Å². The Bertz CT molecular complexity index is 910. The van der Waals surface area contributed by atoms with Gasteiger partial charge in [-0.15, -0.1) is 0 Å². The van der Waals surface area contributed by atoms with Crippen LogP contribution in [0, 0.1) is 5.82 Å². The lowest BCUT2D eigenvalue weighted by molar-refractivity contribution is 0.0662. The quantitative estimate of drug-likeness (QED) is 0.656. The maximum Gasteiger partial charge on any atom is 0.371 e. The lowest BCUT2D eigenvalue weighted by Gasteiger charge is -2.07. The second kappa shape index (κ2) is 8.16. The maximum atomic E-state index is 12.9. The molecule has 0 radical (unpaired) electrons. The standard InChI is InChI=1S/C21H17FO4/c22-17-7-4-15(5-8-17)12-13-25-19-3-1-2-16(14-19)6-9-18-10-11-20(26-18)21(23)24/h1-11,14H,12-13H2,(H,23,24)/b9-6-. The molecule has 3 rings (SSSR count). The molecule has 0 bridgehead atoms. The van der Waals surface area contributed by atoms with Gasteiger partial charge in [0.05, 0.1) is 6.61 Å². The van der Waals surface area contributed by atoms with Crippen LogP contribution in [0.3, 0.4) is 0 Å². The molecule has 4 nitrogen and oxygen atoms in total. The summed E-state index contributed by atoms with van der Waals surface area (Å²) >= 11 is 0. The van der Waals surface area contributed by atoms with E-state index in [1.54, 1.807) is 24.3 Å². The van der Waals surface area contributed by atoms with Crippen molar-refractivity contribution in [2.24, 2.45) is 0 Å². The van der Waals surface area contributed by atoms with Crippen molar-refractivity contribution in [1.82, 2.24) is 0 Å². The highest BCUT2D eigenvalue weighted by Gasteiger charge is 2.06. The molecule has 0 saturated carbocycles. The van der Waals surface area contributed by atoms with Crippen LogP contribution in [0.15, 0.2) is 65.1 Å². The largest absolute Gasteiger partial charge is 0.493 e. The summed E-state index contributed by atoms with van der Waals surface area (Å²) in [4.78, 5) is 10.8. The number of hydrogen-bond donors (Lipinski definition) is 1. The molecule has 1 aromatic heterocycles. The Balaban J connectivity index is 1.57. The first kappa shape index (κ1) is 17.5. The van der Waals surface area contributed by atoms with Gasteiger partial charge in [-0.2, -0.15) is 0 Å². The minimum absolute atomic E-state index is 0.0949. The Morgan fingerprint density at radius 2 is 1.88 bits per heavy atom. The highest BCUT2D eigenvalue weighted by Crippen LogP contribution is 2.17. The summed E-state index contributed by atoms with van der Waals surface area (Å²) in [6.07, 6.45) is 4.20. The third-order valence-electron chi connectivity index (χ3n) is 3.71. The van der Waals surface area contributed by atoms with Crippen molar-refractivity contribution in [1.29, 1.82) is 0 Å². The summed E-state index contributed by atoms with van der Waals surface area (Å²) in [5, 5.41) is 8.85. The molecule has 26 heavy (non-hydrogen) atoms. The normalized spacial score (nSPS) is 11.0. The van der Waals surface area contributed by atoms with Crippen LogP contribution in [0.25, 0.3) is 12.2 Å². The molecule has 2 aromatic carbocycles. The van der Waals surface area contributed by atoms with Gasteiger partial charge in [0.15, 0.2) is 0 Å². The Hall–Kier alpha value is -3.34. The number of carboxylic acids is 1. The fourth-order valence-electron chi connectivity index (χ4n) is 2.38. The van der Waals surface area contributed by atoms with Crippen molar-refractivity contribution in [2.45, 2.75) is 6.42 Å². The molecule has 1 N–H and O–H groups in total. The monoisotopic (exact) mass is 352 g/mol. The SMILES string of the molecule is O=C(O)c1ccc(/C=C\c2cccc(OCCc3ccc(F)cc3)c2)o1. The number of ether oxygens (including phenoxy) is 1. The van der Waals surface area contributed by atoms with E-state index in [1.807, 2.05) is 30.3 Å². The van der Waals surface area contributed by atoms with Gasteiger partial charge in [0.2, 0.25) is 5.76 Å². The number of furan rings is 1. The number of halogens is 1. The van der Waals surface area contributed by atoms with Crippen molar-refractivity contribution in [3.8, 4) is 5.75 Å². The third-order valence-corrected chi connectivity index (χ3v) is 3.71. The smallest absolute Gasteiger partial charge is 0.371 e.